The van der Waals surface area contributed by atoms with Crippen LogP contribution >= 0.6 is 0 Å². The van der Waals surface area contributed by atoms with E-state index in [1.807, 2.05) is 7.11 Å². The van der Waals surface area contributed by atoms with Gasteiger partial charge < -0.3 is 9.47 Å². The summed E-state index contributed by atoms with van der Waals surface area (Å²) in [6, 6.07) is 0. The Morgan fingerprint density at radius 2 is 1.96 bits per heavy atom. The second-order valence-corrected chi connectivity index (χ2v) is 9.47. The fraction of sp³-hybridized carbons (Fsp3) is 0.696. The number of hydrogen-bond acceptors (Lipinski definition) is 3. The molecule has 5 aliphatic rings. The van der Waals surface area contributed by atoms with Crippen LogP contribution in [0.1, 0.15) is 58.8 Å². The van der Waals surface area contributed by atoms with Crippen molar-refractivity contribution in [2.24, 2.45) is 33.6 Å². The third-order valence-electron chi connectivity index (χ3n) is 8.63. The van der Waals surface area contributed by atoms with E-state index in [0.717, 1.165) is 24.2 Å². The average Bonchev–Trinajstić information content (AvgIpc) is 3.27. The lowest BCUT2D eigenvalue weighted by Crippen LogP contribution is -2.48. The van der Waals surface area contributed by atoms with Crippen molar-refractivity contribution in [1.29, 1.82) is 0 Å². The van der Waals surface area contributed by atoms with Gasteiger partial charge in [-0.25, -0.2) is 4.99 Å². The molecule has 5 rings (SSSR count). The van der Waals surface area contributed by atoms with Crippen molar-refractivity contribution in [3.05, 3.63) is 34.8 Å². The molecule has 5 atom stereocenters. The highest BCUT2D eigenvalue weighted by Gasteiger charge is 2.57. The zero-order valence-electron chi connectivity index (χ0n) is 16.4. The van der Waals surface area contributed by atoms with Gasteiger partial charge in [-0.05, 0) is 84.3 Å². The number of fused-ring (bicyclic) bond motifs is 5. The summed E-state index contributed by atoms with van der Waals surface area (Å²) in [6.45, 7) is 5.76. The predicted molar refractivity (Wildman–Crippen MR) is 104 cm³/mol. The van der Waals surface area contributed by atoms with Gasteiger partial charge in [0.15, 0.2) is 6.40 Å². The molecule has 140 valence electrons. The van der Waals surface area contributed by atoms with Gasteiger partial charge >= 0.3 is 0 Å². The Bertz CT molecular complexity index is 745. The van der Waals surface area contributed by atoms with Crippen LogP contribution in [0.4, 0.5) is 0 Å². The number of hydrogen-bond donors (Lipinski definition) is 0. The molecule has 0 spiro atoms. The molecule has 4 aliphatic carbocycles. The van der Waals surface area contributed by atoms with E-state index in [9.17, 15) is 0 Å². The maximum absolute atomic E-state index is 5.57. The topological polar surface area (TPSA) is 30.8 Å². The highest BCUT2D eigenvalue weighted by atomic mass is 16.5. The fourth-order valence-corrected chi connectivity index (χ4v) is 7.17. The van der Waals surface area contributed by atoms with Gasteiger partial charge in [-0.1, -0.05) is 19.9 Å². The molecule has 0 aromatic rings. The number of aliphatic imine (C=N–C) groups is 1. The fourth-order valence-electron chi connectivity index (χ4n) is 7.17. The van der Waals surface area contributed by atoms with E-state index < -0.39 is 0 Å². The van der Waals surface area contributed by atoms with E-state index in [1.165, 1.54) is 50.0 Å². The summed E-state index contributed by atoms with van der Waals surface area (Å²) in [7, 11) is 1.81. The van der Waals surface area contributed by atoms with Crippen LogP contribution in [0.3, 0.4) is 0 Å². The van der Waals surface area contributed by atoms with E-state index in [4.69, 9.17) is 9.47 Å². The zero-order valence-corrected chi connectivity index (χ0v) is 16.4. The molecule has 0 saturated heterocycles. The molecular weight excluding hydrogens is 322 g/mol. The van der Waals surface area contributed by atoms with Crippen LogP contribution < -0.4 is 0 Å². The normalized spacial score (nSPS) is 46.7. The molecule has 0 unspecified atom stereocenters. The predicted octanol–water partition coefficient (Wildman–Crippen LogP) is 5.40. The molecule has 1 aliphatic heterocycles. The molecule has 1 heterocycles. The molecule has 0 aromatic heterocycles. The van der Waals surface area contributed by atoms with Crippen LogP contribution in [-0.4, -0.2) is 20.1 Å². The van der Waals surface area contributed by atoms with E-state index in [-0.39, 0.29) is 0 Å². The Hall–Kier alpha value is -1.51. The molecular formula is C23H31NO2. The lowest BCUT2D eigenvalue weighted by Gasteiger charge is -2.56. The summed E-state index contributed by atoms with van der Waals surface area (Å²) in [5, 5.41) is 0. The number of ether oxygens (including phenoxy) is 2. The molecule has 0 N–H and O–H groups in total. The molecule has 2 saturated carbocycles. The van der Waals surface area contributed by atoms with Gasteiger partial charge in [-0.2, -0.15) is 0 Å². The summed E-state index contributed by atoms with van der Waals surface area (Å²) in [4.78, 5) is 4.55. The summed E-state index contributed by atoms with van der Waals surface area (Å²) in [5.74, 6) is 3.62. The lowest BCUT2D eigenvalue weighted by atomic mass is 9.48. The van der Waals surface area contributed by atoms with Crippen LogP contribution in [0, 0.1) is 28.6 Å². The Kier molecular flexibility index (Phi) is 3.68. The van der Waals surface area contributed by atoms with Crippen LogP contribution in [0.2, 0.25) is 0 Å². The van der Waals surface area contributed by atoms with Crippen molar-refractivity contribution in [3.8, 4) is 0 Å². The summed E-state index contributed by atoms with van der Waals surface area (Å²) in [6.07, 6.45) is 15.3. The molecule has 2 fully saturated rings. The van der Waals surface area contributed by atoms with E-state index in [2.05, 4.69) is 31.0 Å². The lowest BCUT2D eigenvalue weighted by molar-refractivity contribution is -0.00864. The number of nitrogens with zero attached hydrogens (tertiary/aromatic N) is 1. The SMILES string of the molecule is COC1=CC2=CC[C@@H]3[C@H](CC[C@]4(C)/C(=C5/COC=N5)CC[C@@H]34)[C@@]2(C)CC1. The van der Waals surface area contributed by atoms with E-state index in [1.54, 1.807) is 17.5 Å². The standard InChI is InChI=1S/C23H31NO2/c1-22-10-8-16(25-3)12-15(22)4-5-17-18-6-7-20(21-13-26-14-24-21)23(18,2)11-9-19(17)22/h4,12,14,17-19H,5-11,13H2,1-3H3/b21-20-/t17-,18-,19-,22-,23-/m0/s1. The van der Waals surface area contributed by atoms with Crippen molar-refractivity contribution in [3.63, 3.8) is 0 Å². The van der Waals surface area contributed by atoms with Gasteiger partial charge in [0.2, 0.25) is 0 Å². The van der Waals surface area contributed by atoms with Gasteiger partial charge in [-0.3, -0.25) is 0 Å². The smallest absolute Gasteiger partial charge is 0.174 e. The molecule has 0 aromatic carbocycles. The number of rotatable bonds is 1. The minimum atomic E-state index is 0.339. The molecule has 0 amide bonds. The van der Waals surface area contributed by atoms with Crippen molar-refractivity contribution in [1.82, 2.24) is 0 Å². The molecule has 3 nitrogen and oxygen atoms in total. The maximum atomic E-state index is 5.57. The summed E-state index contributed by atoms with van der Waals surface area (Å²) in [5.41, 5.74) is 5.08. The van der Waals surface area contributed by atoms with Crippen molar-refractivity contribution in [2.75, 3.05) is 13.7 Å². The summed E-state index contributed by atoms with van der Waals surface area (Å²) < 4.78 is 11.0. The minimum Gasteiger partial charge on any atom is -0.501 e. The van der Waals surface area contributed by atoms with Gasteiger partial charge in [0.1, 0.15) is 6.61 Å². The first-order valence-corrected chi connectivity index (χ1v) is 10.4. The highest BCUT2D eigenvalue weighted by Crippen LogP contribution is 2.66. The Labute approximate surface area is 157 Å². The first-order chi connectivity index (χ1) is 12.6. The van der Waals surface area contributed by atoms with Gasteiger partial charge in [0.05, 0.1) is 18.6 Å². The average molecular weight is 354 g/mol. The van der Waals surface area contributed by atoms with E-state index in [0.29, 0.717) is 17.4 Å². The van der Waals surface area contributed by atoms with Crippen molar-refractivity contribution >= 4 is 6.40 Å². The third-order valence-corrected chi connectivity index (χ3v) is 8.63. The largest absolute Gasteiger partial charge is 0.501 e. The minimum absolute atomic E-state index is 0.339. The van der Waals surface area contributed by atoms with E-state index >= 15 is 0 Å². The molecule has 3 heteroatoms. The van der Waals surface area contributed by atoms with Gasteiger partial charge in [0, 0.05) is 6.42 Å². The molecule has 0 radical (unpaired) electrons. The number of allylic oxidation sites excluding steroid dienone is 5. The Balaban J connectivity index is 1.50. The third kappa shape index (κ3) is 2.15. The van der Waals surface area contributed by atoms with Crippen LogP contribution in [0.5, 0.6) is 0 Å². The number of methoxy groups -OCH3 is 1. The zero-order chi connectivity index (χ0) is 17.9. The maximum Gasteiger partial charge on any atom is 0.174 e. The second kappa shape index (κ2) is 5.74. The van der Waals surface area contributed by atoms with Gasteiger partial charge in [0.25, 0.3) is 0 Å². The first kappa shape index (κ1) is 16.6. The molecule has 26 heavy (non-hydrogen) atoms. The van der Waals surface area contributed by atoms with Crippen LogP contribution in [0.15, 0.2) is 39.7 Å². The Morgan fingerprint density at radius 3 is 2.73 bits per heavy atom. The Morgan fingerprint density at radius 1 is 1.12 bits per heavy atom. The molecule has 0 bridgehead atoms. The van der Waals surface area contributed by atoms with Crippen molar-refractivity contribution < 1.29 is 9.47 Å². The monoisotopic (exact) mass is 353 g/mol. The second-order valence-electron chi connectivity index (χ2n) is 9.47. The quantitative estimate of drug-likeness (QED) is 0.632. The highest BCUT2D eigenvalue weighted by molar-refractivity contribution is 5.54. The first-order valence-electron chi connectivity index (χ1n) is 10.4. The van der Waals surface area contributed by atoms with Crippen LogP contribution in [-0.2, 0) is 9.47 Å². The van der Waals surface area contributed by atoms with Gasteiger partial charge in [-0.15, -0.1) is 0 Å². The van der Waals surface area contributed by atoms with Crippen molar-refractivity contribution in [2.45, 2.75) is 58.8 Å². The summed E-state index contributed by atoms with van der Waals surface area (Å²) >= 11 is 0. The van der Waals surface area contributed by atoms with Crippen LogP contribution in [0.25, 0.3) is 0 Å².